The molecule has 0 amide bonds. The number of hydrogen-bond acceptors (Lipinski definition) is 3. The first-order chi connectivity index (χ1) is 6.06. The molecule has 1 unspecified atom stereocenters. The van der Waals surface area contributed by atoms with Crippen molar-refractivity contribution < 1.29 is 0 Å². The molecular weight excluding hydrogens is 162 g/mol. The van der Waals surface area contributed by atoms with E-state index in [9.17, 15) is 0 Å². The smallest absolute Gasteiger partial charge is 0.0166 e. The number of likely N-dealkylation sites (N-methyl/N-ethyl adjacent to an activating group) is 3. The first-order valence-corrected chi connectivity index (χ1v) is 5.13. The molecule has 0 aliphatic carbocycles. The molecule has 0 aliphatic rings. The van der Waals surface area contributed by atoms with Crippen LogP contribution in [0.15, 0.2) is 0 Å². The summed E-state index contributed by atoms with van der Waals surface area (Å²) in [4.78, 5) is 4.59. The van der Waals surface area contributed by atoms with Crippen molar-refractivity contribution in [1.29, 1.82) is 0 Å². The fraction of sp³-hybridized carbons (Fsp3) is 1.00. The van der Waals surface area contributed by atoms with E-state index in [-0.39, 0.29) is 0 Å². The maximum Gasteiger partial charge on any atom is 0.0166 e. The predicted molar refractivity (Wildman–Crippen MR) is 59.2 cm³/mol. The fourth-order valence-corrected chi connectivity index (χ4v) is 1.34. The lowest BCUT2D eigenvalue weighted by molar-refractivity contribution is 0.261. The number of hydrogen-bond donors (Lipinski definition) is 1. The second kappa shape index (κ2) is 7.30. The zero-order chi connectivity index (χ0) is 10.3. The summed E-state index contributed by atoms with van der Waals surface area (Å²) in [5.41, 5.74) is 0. The molecule has 3 nitrogen and oxygen atoms in total. The maximum absolute atomic E-state index is 3.41. The van der Waals surface area contributed by atoms with Gasteiger partial charge in [0.15, 0.2) is 0 Å². The Morgan fingerprint density at radius 2 is 1.77 bits per heavy atom. The average molecular weight is 187 g/mol. The van der Waals surface area contributed by atoms with Gasteiger partial charge in [0.25, 0.3) is 0 Å². The van der Waals surface area contributed by atoms with E-state index in [0.717, 1.165) is 26.2 Å². The van der Waals surface area contributed by atoms with Crippen molar-refractivity contribution in [2.24, 2.45) is 0 Å². The molecule has 13 heavy (non-hydrogen) atoms. The number of nitrogens with one attached hydrogen (secondary N) is 1. The van der Waals surface area contributed by atoms with E-state index in [4.69, 9.17) is 0 Å². The van der Waals surface area contributed by atoms with Gasteiger partial charge in [-0.05, 0) is 34.6 Å². The van der Waals surface area contributed by atoms with E-state index in [1.807, 2.05) is 0 Å². The highest BCUT2D eigenvalue weighted by atomic mass is 15.2. The van der Waals surface area contributed by atoms with Crippen LogP contribution < -0.4 is 5.32 Å². The fourth-order valence-electron chi connectivity index (χ4n) is 1.34. The van der Waals surface area contributed by atoms with Crippen LogP contribution in [0.25, 0.3) is 0 Å². The van der Waals surface area contributed by atoms with Crippen molar-refractivity contribution in [2.45, 2.75) is 19.9 Å². The first-order valence-electron chi connectivity index (χ1n) is 5.13. The number of rotatable bonds is 7. The molecule has 0 saturated carbocycles. The molecule has 0 rings (SSSR count). The summed E-state index contributed by atoms with van der Waals surface area (Å²) in [5.74, 6) is 0. The third-order valence-electron chi connectivity index (χ3n) is 2.07. The van der Waals surface area contributed by atoms with Crippen molar-refractivity contribution in [2.75, 3.05) is 47.3 Å². The minimum atomic E-state index is 0.595. The summed E-state index contributed by atoms with van der Waals surface area (Å²) in [6.07, 6.45) is 0. The first kappa shape index (κ1) is 12.9. The molecule has 0 radical (unpaired) electrons. The topological polar surface area (TPSA) is 18.5 Å². The van der Waals surface area contributed by atoms with E-state index in [0.29, 0.717) is 6.04 Å². The Kier molecular flexibility index (Phi) is 7.23. The summed E-state index contributed by atoms with van der Waals surface area (Å²) in [7, 11) is 6.40. The van der Waals surface area contributed by atoms with Crippen molar-refractivity contribution in [3.63, 3.8) is 0 Å². The van der Waals surface area contributed by atoms with Crippen LogP contribution in [0.2, 0.25) is 0 Å². The van der Waals surface area contributed by atoms with Crippen LogP contribution in [0.3, 0.4) is 0 Å². The summed E-state index contributed by atoms with van der Waals surface area (Å²) >= 11 is 0. The molecule has 0 spiro atoms. The van der Waals surface area contributed by atoms with E-state index >= 15 is 0 Å². The monoisotopic (exact) mass is 187 g/mol. The van der Waals surface area contributed by atoms with Gasteiger partial charge in [-0.25, -0.2) is 0 Å². The van der Waals surface area contributed by atoms with Gasteiger partial charge in [-0.15, -0.1) is 0 Å². The summed E-state index contributed by atoms with van der Waals surface area (Å²) in [6, 6.07) is 0.595. The van der Waals surface area contributed by atoms with Crippen LogP contribution >= 0.6 is 0 Å². The van der Waals surface area contributed by atoms with Gasteiger partial charge in [0, 0.05) is 25.7 Å². The third-order valence-corrected chi connectivity index (χ3v) is 2.07. The molecule has 0 heterocycles. The van der Waals surface area contributed by atoms with E-state index in [1.54, 1.807) is 0 Å². The van der Waals surface area contributed by atoms with Crippen LogP contribution in [0.4, 0.5) is 0 Å². The second-order valence-electron chi connectivity index (χ2n) is 4.02. The molecule has 0 aromatic carbocycles. The lowest BCUT2D eigenvalue weighted by Gasteiger charge is -2.23. The molecule has 3 heteroatoms. The molecule has 0 bridgehead atoms. The molecular formula is C10H25N3. The number of nitrogens with zero attached hydrogens (tertiary/aromatic N) is 2. The Morgan fingerprint density at radius 3 is 2.23 bits per heavy atom. The lowest BCUT2D eigenvalue weighted by atomic mass is 10.3. The summed E-state index contributed by atoms with van der Waals surface area (Å²) in [6.45, 7) is 8.84. The van der Waals surface area contributed by atoms with Crippen molar-refractivity contribution in [3.05, 3.63) is 0 Å². The van der Waals surface area contributed by atoms with Gasteiger partial charge in [0.1, 0.15) is 0 Å². The van der Waals surface area contributed by atoms with Gasteiger partial charge < -0.3 is 15.1 Å². The zero-order valence-electron chi connectivity index (χ0n) is 9.80. The molecule has 0 aromatic heterocycles. The van der Waals surface area contributed by atoms with Crippen molar-refractivity contribution in [1.82, 2.24) is 15.1 Å². The Hall–Kier alpha value is -0.120. The SMILES string of the molecule is CCNC(C)CN(C)CCN(C)C. The van der Waals surface area contributed by atoms with Gasteiger partial charge in [0.2, 0.25) is 0 Å². The standard InChI is InChI=1S/C10H25N3/c1-6-11-10(2)9-13(5)8-7-12(3)4/h10-11H,6-9H2,1-5H3. The van der Waals surface area contributed by atoms with Gasteiger partial charge in [0.05, 0.1) is 0 Å². The summed E-state index contributed by atoms with van der Waals surface area (Å²) < 4.78 is 0. The highest BCUT2D eigenvalue weighted by Gasteiger charge is 2.04. The molecule has 0 saturated heterocycles. The van der Waals surface area contributed by atoms with Crippen LogP contribution in [0.5, 0.6) is 0 Å². The minimum absolute atomic E-state index is 0.595. The average Bonchev–Trinajstić information content (AvgIpc) is 2.01. The van der Waals surface area contributed by atoms with Gasteiger partial charge in [-0.1, -0.05) is 6.92 Å². The Morgan fingerprint density at radius 1 is 1.15 bits per heavy atom. The van der Waals surface area contributed by atoms with E-state index in [2.05, 4.69) is 50.1 Å². The molecule has 0 fully saturated rings. The van der Waals surface area contributed by atoms with E-state index < -0.39 is 0 Å². The Bertz CT molecular complexity index is 115. The zero-order valence-corrected chi connectivity index (χ0v) is 9.80. The molecule has 80 valence electrons. The highest BCUT2D eigenvalue weighted by molar-refractivity contribution is 4.64. The normalized spacial score (nSPS) is 14.1. The summed E-state index contributed by atoms with van der Waals surface area (Å²) in [5, 5.41) is 3.41. The van der Waals surface area contributed by atoms with Gasteiger partial charge >= 0.3 is 0 Å². The molecule has 1 atom stereocenters. The quantitative estimate of drug-likeness (QED) is 0.625. The van der Waals surface area contributed by atoms with Crippen LogP contribution in [0.1, 0.15) is 13.8 Å². The van der Waals surface area contributed by atoms with Crippen LogP contribution in [0, 0.1) is 0 Å². The third kappa shape index (κ3) is 8.22. The van der Waals surface area contributed by atoms with Crippen LogP contribution in [-0.2, 0) is 0 Å². The minimum Gasteiger partial charge on any atom is -0.313 e. The molecule has 0 aliphatic heterocycles. The highest BCUT2D eigenvalue weighted by Crippen LogP contribution is 1.88. The Labute approximate surface area is 83.1 Å². The van der Waals surface area contributed by atoms with Crippen LogP contribution in [-0.4, -0.2) is 63.2 Å². The maximum atomic E-state index is 3.41. The molecule has 1 N–H and O–H groups in total. The lowest BCUT2D eigenvalue weighted by Crippen LogP contribution is -2.39. The Balaban J connectivity index is 3.43. The predicted octanol–water partition coefficient (Wildman–Crippen LogP) is 0.478. The van der Waals surface area contributed by atoms with Crippen molar-refractivity contribution in [3.8, 4) is 0 Å². The van der Waals surface area contributed by atoms with Gasteiger partial charge in [-0.3, -0.25) is 0 Å². The largest absolute Gasteiger partial charge is 0.313 e. The van der Waals surface area contributed by atoms with Crippen molar-refractivity contribution >= 4 is 0 Å². The van der Waals surface area contributed by atoms with Gasteiger partial charge in [-0.2, -0.15) is 0 Å². The van der Waals surface area contributed by atoms with E-state index in [1.165, 1.54) is 0 Å². The molecule has 0 aromatic rings. The second-order valence-corrected chi connectivity index (χ2v) is 4.02.